The molecule has 3 aromatic rings. The van der Waals surface area contributed by atoms with Gasteiger partial charge in [-0.25, -0.2) is 9.97 Å². The van der Waals surface area contributed by atoms with Crippen molar-refractivity contribution in [3.8, 4) is 10.6 Å². The Bertz CT molecular complexity index is 847. The molecule has 0 saturated carbocycles. The highest BCUT2D eigenvalue weighted by atomic mass is 35.5. The Kier molecular flexibility index (Phi) is 4.69. The number of thiazole rings is 1. The molecule has 3 rings (SSSR count). The van der Waals surface area contributed by atoms with Gasteiger partial charge in [-0.1, -0.05) is 29.8 Å². The number of rotatable bonds is 4. The van der Waals surface area contributed by atoms with Crippen LogP contribution < -0.4 is 5.32 Å². The molecule has 0 aliphatic rings. The number of carbonyl (C=O) groups excluding carboxylic acids is 1. The molecule has 0 saturated heterocycles. The van der Waals surface area contributed by atoms with Crippen LogP contribution in [0.25, 0.3) is 10.6 Å². The van der Waals surface area contributed by atoms with Crippen molar-refractivity contribution in [1.82, 2.24) is 9.97 Å². The van der Waals surface area contributed by atoms with E-state index >= 15 is 0 Å². The predicted molar refractivity (Wildman–Crippen MR) is 93.9 cm³/mol. The van der Waals surface area contributed by atoms with Gasteiger partial charge in [0.2, 0.25) is 5.91 Å². The van der Waals surface area contributed by atoms with Crippen molar-refractivity contribution in [3.05, 3.63) is 64.3 Å². The molecule has 0 radical (unpaired) electrons. The van der Waals surface area contributed by atoms with E-state index < -0.39 is 0 Å². The maximum absolute atomic E-state index is 12.1. The minimum atomic E-state index is -0.140. The molecule has 0 atom stereocenters. The monoisotopic (exact) mass is 343 g/mol. The molecule has 0 aliphatic carbocycles. The van der Waals surface area contributed by atoms with Crippen LogP contribution in [0.2, 0.25) is 5.02 Å². The molecule has 2 aromatic heterocycles. The lowest BCUT2D eigenvalue weighted by atomic mass is 10.2. The van der Waals surface area contributed by atoms with Crippen LogP contribution in [-0.4, -0.2) is 15.9 Å². The zero-order valence-electron chi connectivity index (χ0n) is 12.4. The second kappa shape index (κ2) is 6.89. The first-order valence-electron chi connectivity index (χ1n) is 7.03. The molecule has 23 heavy (non-hydrogen) atoms. The highest BCUT2D eigenvalue weighted by Gasteiger charge is 2.11. The average Bonchev–Trinajstić information content (AvgIpc) is 2.95. The lowest BCUT2D eigenvalue weighted by molar-refractivity contribution is -0.115. The van der Waals surface area contributed by atoms with Gasteiger partial charge in [0, 0.05) is 17.1 Å². The Morgan fingerprint density at radius 2 is 2.13 bits per heavy atom. The maximum Gasteiger partial charge on any atom is 0.231 e. The molecule has 0 unspecified atom stereocenters. The van der Waals surface area contributed by atoms with E-state index in [0.717, 1.165) is 21.8 Å². The molecule has 116 valence electrons. The van der Waals surface area contributed by atoms with Crippen LogP contribution >= 0.6 is 22.9 Å². The number of aryl methyl sites for hydroxylation is 1. The number of benzene rings is 1. The largest absolute Gasteiger partial charge is 0.310 e. The summed E-state index contributed by atoms with van der Waals surface area (Å²) in [5.74, 6) is 0.413. The SMILES string of the molecule is Cc1ccnc(NC(=O)Cc2csc(-c3ccccc3Cl)n2)c1. The van der Waals surface area contributed by atoms with Gasteiger partial charge in [-0.3, -0.25) is 4.79 Å². The average molecular weight is 344 g/mol. The van der Waals surface area contributed by atoms with Crippen molar-refractivity contribution in [1.29, 1.82) is 0 Å². The third-order valence-electron chi connectivity index (χ3n) is 3.18. The Morgan fingerprint density at radius 1 is 1.30 bits per heavy atom. The Labute approximate surface area is 143 Å². The lowest BCUT2D eigenvalue weighted by Crippen LogP contribution is -2.15. The van der Waals surface area contributed by atoms with Gasteiger partial charge in [-0.15, -0.1) is 11.3 Å². The van der Waals surface area contributed by atoms with E-state index in [0.29, 0.717) is 10.8 Å². The molecule has 1 amide bonds. The van der Waals surface area contributed by atoms with Crippen molar-refractivity contribution in [2.45, 2.75) is 13.3 Å². The molecule has 0 fully saturated rings. The molecule has 0 bridgehead atoms. The predicted octanol–water partition coefficient (Wildman–Crippen LogP) is 4.35. The normalized spacial score (nSPS) is 10.5. The fourth-order valence-electron chi connectivity index (χ4n) is 2.10. The van der Waals surface area contributed by atoms with Gasteiger partial charge in [0.15, 0.2) is 0 Å². The van der Waals surface area contributed by atoms with Crippen LogP contribution in [0, 0.1) is 6.92 Å². The van der Waals surface area contributed by atoms with Crippen molar-refractivity contribution in [3.63, 3.8) is 0 Å². The van der Waals surface area contributed by atoms with E-state index in [2.05, 4.69) is 15.3 Å². The summed E-state index contributed by atoms with van der Waals surface area (Å²) in [5.41, 5.74) is 2.64. The number of hydrogen-bond donors (Lipinski definition) is 1. The molecule has 2 heterocycles. The van der Waals surface area contributed by atoms with E-state index in [1.54, 1.807) is 6.20 Å². The van der Waals surface area contributed by atoms with Gasteiger partial charge in [0.25, 0.3) is 0 Å². The molecule has 4 nitrogen and oxygen atoms in total. The van der Waals surface area contributed by atoms with Crippen molar-refractivity contribution in [2.75, 3.05) is 5.32 Å². The second-order valence-electron chi connectivity index (χ2n) is 5.07. The lowest BCUT2D eigenvalue weighted by Gasteiger charge is -2.03. The van der Waals surface area contributed by atoms with Crippen LogP contribution in [-0.2, 0) is 11.2 Å². The topological polar surface area (TPSA) is 54.9 Å². The first kappa shape index (κ1) is 15.6. The van der Waals surface area contributed by atoms with Gasteiger partial charge in [-0.2, -0.15) is 0 Å². The number of nitrogens with one attached hydrogen (secondary N) is 1. The number of amides is 1. The third-order valence-corrected chi connectivity index (χ3v) is 4.43. The summed E-state index contributed by atoms with van der Waals surface area (Å²) in [5, 5.41) is 6.12. The van der Waals surface area contributed by atoms with Crippen molar-refractivity contribution in [2.24, 2.45) is 0 Å². The van der Waals surface area contributed by atoms with Gasteiger partial charge in [0.05, 0.1) is 17.1 Å². The van der Waals surface area contributed by atoms with Crippen molar-refractivity contribution < 1.29 is 4.79 Å². The van der Waals surface area contributed by atoms with E-state index in [4.69, 9.17) is 11.6 Å². The Morgan fingerprint density at radius 3 is 2.91 bits per heavy atom. The fourth-order valence-corrected chi connectivity index (χ4v) is 3.24. The van der Waals surface area contributed by atoms with E-state index in [1.807, 2.05) is 48.7 Å². The summed E-state index contributed by atoms with van der Waals surface area (Å²) < 4.78 is 0. The number of pyridine rings is 1. The van der Waals surface area contributed by atoms with Crippen molar-refractivity contribution >= 4 is 34.7 Å². The first-order chi connectivity index (χ1) is 11.1. The number of anilines is 1. The minimum absolute atomic E-state index is 0.140. The van der Waals surface area contributed by atoms with Gasteiger partial charge in [0.1, 0.15) is 10.8 Å². The first-order valence-corrected chi connectivity index (χ1v) is 8.29. The Balaban J connectivity index is 1.69. The molecular formula is C17H14ClN3OS. The highest BCUT2D eigenvalue weighted by molar-refractivity contribution is 7.13. The van der Waals surface area contributed by atoms with E-state index in [9.17, 15) is 4.79 Å². The van der Waals surface area contributed by atoms with E-state index in [-0.39, 0.29) is 12.3 Å². The smallest absolute Gasteiger partial charge is 0.231 e. The van der Waals surface area contributed by atoms with Gasteiger partial charge in [-0.05, 0) is 30.7 Å². The van der Waals surface area contributed by atoms with Gasteiger partial charge >= 0.3 is 0 Å². The fraction of sp³-hybridized carbons (Fsp3) is 0.118. The maximum atomic E-state index is 12.1. The molecule has 1 aromatic carbocycles. The molecule has 6 heteroatoms. The van der Waals surface area contributed by atoms with Crippen LogP contribution in [0.4, 0.5) is 5.82 Å². The second-order valence-corrected chi connectivity index (χ2v) is 6.33. The summed E-state index contributed by atoms with van der Waals surface area (Å²) in [4.78, 5) is 20.7. The highest BCUT2D eigenvalue weighted by Crippen LogP contribution is 2.30. The van der Waals surface area contributed by atoms with Crippen LogP contribution in [0.5, 0.6) is 0 Å². The number of halogens is 1. The summed E-state index contributed by atoms with van der Waals surface area (Å²) >= 11 is 7.65. The molecule has 1 N–H and O–H groups in total. The zero-order chi connectivity index (χ0) is 16.2. The van der Waals surface area contributed by atoms with Crippen LogP contribution in [0.1, 0.15) is 11.3 Å². The quantitative estimate of drug-likeness (QED) is 0.766. The van der Waals surface area contributed by atoms with Crippen LogP contribution in [0.3, 0.4) is 0 Å². The summed E-state index contributed by atoms with van der Waals surface area (Å²) in [6.45, 7) is 1.95. The van der Waals surface area contributed by atoms with Crippen LogP contribution in [0.15, 0.2) is 48.0 Å². The van der Waals surface area contributed by atoms with E-state index in [1.165, 1.54) is 11.3 Å². The summed E-state index contributed by atoms with van der Waals surface area (Å²) in [6, 6.07) is 11.2. The number of carbonyl (C=O) groups is 1. The standard InChI is InChI=1S/C17H14ClN3OS/c1-11-6-7-19-15(8-11)21-16(22)9-12-10-23-17(20-12)13-4-2-3-5-14(13)18/h2-8,10H,9H2,1H3,(H,19,21,22). The molecule has 0 spiro atoms. The number of nitrogens with zero attached hydrogens (tertiary/aromatic N) is 2. The Hall–Kier alpha value is -2.24. The summed E-state index contributed by atoms with van der Waals surface area (Å²) in [6.07, 6.45) is 1.87. The summed E-state index contributed by atoms with van der Waals surface area (Å²) in [7, 11) is 0. The number of hydrogen-bond acceptors (Lipinski definition) is 4. The molecule has 0 aliphatic heterocycles. The zero-order valence-corrected chi connectivity index (χ0v) is 14.0. The molecular weight excluding hydrogens is 330 g/mol. The number of aromatic nitrogens is 2. The minimum Gasteiger partial charge on any atom is -0.310 e. The van der Waals surface area contributed by atoms with Gasteiger partial charge < -0.3 is 5.32 Å². The third kappa shape index (κ3) is 3.94.